The molecule has 0 atom stereocenters. The quantitative estimate of drug-likeness (QED) is 0.722. The van der Waals surface area contributed by atoms with Crippen molar-refractivity contribution >= 4 is 27.7 Å². The molecular weight excluding hydrogens is 296 g/mol. The van der Waals surface area contributed by atoms with Crippen LogP contribution in [0.2, 0.25) is 0 Å². The molecule has 0 aromatic carbocycles. The number of hydrogen-bond donors (Lipinski definition) is 2. The molecule has 1 rings (SSSR count). The molecule has 0 fully saturated rings. The SMILES string of the molecule is CCNc1ncc(Br)c(NCCOCC(C)C)n1. The molecule has 1 heterocycles. The smallest absolute Gasteiger partial charge is 0.224 e. The van der Waals surface area contributed by atoms with E-state index in [1.165, 1.54) is 0 Å². The highest BCUT2D eigenvalue weighted by atomic mass is 79.9. The van der Waals surface area contributed by atoms with Crippen LogP contribution in [-0.2, 0) is 4.74 Å². The van der Waals surface area contributed by atoms with Gasteiger partial charge < -0.3 is 15.4 Å². The summed E-state index contributed by atoms with van der Waals surface area (Å²) >= 11 is 3.42. The molecule has 0 bridgehead atoms. The third-order valence-electron chi connectivity index (χ3n) is 2.07. The first-order chi connectivity index (χ1) is 8.63. The molecule has 0 aliphatic heterocycles. The van der Waals surface area contributed by atoms with E-state index >= 15 is 0 Å². The molecule has 0 radical (unpaired) electrons. The van der Waals surface area contributed by atoms with Crippen LogP contribution in [0, 0.1) is 5.92 Å². The van der Waals surface area contributed by atoms with Crippen molar-refractivity contribution in [2.45, 2.75) is 20.8 Å². The Labute approximate surface area is 117 Å². The summed E-state index contributed by atoms with van der Waals surface area (Å²) in [6, 6.07) is 0. The third kappa shape index (κ3) is 5.64. The van der Waals surface area contributed by atoms with Crippen LogP contribution in [-0.4, -0.2) is 36.3 Å². The lowest BCUT2D eigenvalue weighted by Crippen LogP contribution is -2.14. The van der Waals surface area contributed by atoms with E-state index in [4.69, 9.17) is 4.74 Å². The average Bonchev–Trinajstić information content (AvgIpc) is 2.32. The highest BCUT2D eigenvalue weighted by Gasteiger charge is 2.03. The monoisotopic (exact) mass is 316 g/mol. The second-order valence-corrected chi connectivity index (χ2v) is 5.17. The van der Waals surface area contributed by atoms with E-state index in [0.717, 1.165) is 30.0 Å². The van der Waals surface area contributed by atoms with Gasteiger partial charge in [0, 0.05) is 25.9 Å². The van der Waals surface area contributed by atoms with Crippen molar-refractivity contribution in [3.8, 4) is 0 Å². The van der Waals surface area contributed by atoms with Crippen molar-refractivity contribution in [2.24, 2.45) is 5.92 Å². The Morgan fingerprint density at radius 1 is 1.39 bits per heavy atom. The van der Waals surface area contributed by atoms with Crippen molar-refractivity contribution in [1.82, 2.24) is 9.97 Å². The summed E-state index contributed by atoms with van der Waals surface area (Å²) in [6.07, 6.45) is 1.74. The van der Waals surface area contributed by atoms with Crippen LogP contribution >= 0.6 is 15.9 Å². The second-order valence-electron chi connectivity index (χ2n) is 4.32. The van der Waals surface area contributed by atoms with E-state index in [2.05, 4.69) is 50.4 Å². The fourth-order valence-electron chi connectivity index (χ4n) is 1.30. The summed E-state index contributed by atoms with van der Waals surface area (Å²) in [5, 5.41) is 6.30. The molecule has 0 spiro atoms. The Kier molecular flexibility index (Phi) is 6.97. The Morgan fingerprint density at radius 2 is 2.17 bits per heavy atom. The van der Waals surface area contributed by atoms with Crippen LogP contribution in [0.25, 0.3) is 0 Å². The molecule has 1 aromatic rings. The molecule has 0 saturated heterocycles. The number of nitrogens with zero attached hydrogens (tertiary/aromatic N) is 2. The van der Waals surface area contributed by atoms with E-state index in [0.29, 0.717) is 18.5 Å². The molecule has 0 amide bonds. The number of rotatable bonds is 8. The van der Waals surface area contributed by atoms with Crippen molar-refractivity contribution in [1.29, 1.82) is 0 Å². The fraction of sp³-hybridized carbons (Fsp3) is 0.667. The summed E-state index contributed by atoms with van der Waals surface area (Å²) in [7, 11) is 0. The van der Waals surface area contributed by atoms with Crippen molar-refractivity contribution < 1.29 is 4.74 Å². The Morgan fingerprint density at radius 3 is 2.83 bits per heavy atom. The second kappa shape index (κ2) is 8.26. The zero-order chi connectivity index (χ0) is 13.4. The minimum Gasteiger partial charge on any atom is -0.379 e. The lowest BCUT2D eigenvalue weighted by Gasteiger charge is -2.10. The van der Waals surface area contributed by atoms with Gasteiger partial charge in [-0.15, -0.1) is 0 Å². The van der Waals surface area contributed by atoms with E-state index in [1.54, 1.807) is 6.20 Å². The van der Waals surface area contributed by atoms with Gasteiger partial charge in [0.2, 0.25) is 5.95 Å². The lowest BCUT2D eigenvalue weighted by molar-refractivity contribution is 0.118. The zero-order valence-corrected chi connectivity index (χ0v) is 12.7. The van der Waals surface area contributed by atoms with Gasteiger partial charge in [-0.2, -0.15) is 4.98 Å². The van der Waals surface area contributed by atoms with Crippen LogP contribution in [0.1, 0.15) is 20.8 Å². The molecule has 102 valence electrons. The van der Waals surface area contributed by atoms with Gasteiger partial charge in [-0.1, -0.05) is 13.8 Å². The molecule has 1 aromatic heterocycles. The standard InChI is InChI=1S/C12H21BrN4O/c1-4-14-12-16-7-10(13)11(17-12)15-5-6-18-8-9(2)3/h7,9H,4-6,8H2,1-3H3,(H2,14,15,16,17). The minimum absolute atomic E-state index is 0.566. The van der Waals surface area contributed by atoms with Gasteiger partial charge in [0.05, 0.1) is 11.1 Å². The summed E-state index contributed by atoms with van der Waals surface area (Å²) in [5.74, 6) is 1.98. The predicted octanol–water partition coefficient (Wildman–Crippen LogP) is 2.76. The normalized spacial score (nSPS) is 10.7. The molecule has 0 aliphatic carbocycles. The van der Waals surface area contributed by atoms with Crippen LogP contribution in [0.4, 0.5) is 11.8 Å². The highest BCUT2D eigenvalue weighted by Crippen LogP contribution is 2.19. The lowest BCUT2D eigenvalue weighted by atomic mass is 10.2. The molecule has 0 saturated carbocycles. The van der Waals surface area contributed by atoms with Gasteiger partial charge in [-0.05, 0) is 28.8 Å². The molecule has 5 nitrogen and oxygen atoms in total. The predicted molar refractivity (Wildman–Crippen MR) is 78.0 cm³/mol. The van der Waals surface area contributed by atoms with Gasteiger partial charge in [-0.3, -0.25) is 0 Å². The maximum Gasteiger partial charge on any atom is 0.224 e. The number of anilines is 2. The molecule has 2 N–H and O–H groups in total. The van der Waals surface area contributed by atoms with E-state index in [9.17, 15) is 0 Å². The van der Waals surface area contributed by atoms with Gasteiger partial charge in [0.1, 0.15) is 5.82 Å². The highest BCUT2D eigenvalue weighted by molar-refractivity contribution is 9.10. The van der Waals surface area contributed by atoms with Gasteiger partial charge in [0.25, 0.3) is 0 Å². The average molecular weight is 317 g/mol. The fourth-order valence-corrected chi connectivity index (χ4v) is 1.63. The minimum atomic E-state index is 0.566. The first kappa shape index (κ1) is 15.2. The molecule has 0 aliphatic rings. The molecule has 18 heavy (non-hydrogen) atoms. The maximum atomic E-state index is 5.50. The van der Waals surface area contributed by atoms with E-state index in [-0.39, 0.29) is 0 Å². The summed E-state index contributed by atoms with van der Waals surface area (Å²) in [4.78, 5) is 8.51. The largest absolute Gasteiger partial charge is 0.379 e. The van der Waals surface area contributed by atoms with Crippen molar-refractivity contribution in [3.63, 3.8) is 0 Å². The summed E-state index contributed by atoms with van der Waals surface area (Å²) in [6.45, 7) is 9.28. The number of aromatic nitrogens is 2. The van der Waals surface area contributed by atoms with E-state index < -0.39 is 0 Å². The zero-order valence-electron chi connectivity index (χ0n) is 11.2. The topological polar surface area (TPSA) is 59.1 Å². The summed E-state index contributed by atoms with van der Waals surface area (Å²) < 4.78 is 6.35. The maximum absolute atomic E-state index is 5.50. The third-order valence-corrected chi connectivity index (χ3v) is 2.65. The van der Waals surface area contributed by atoms with Gasteiger partial charge in [-0.25, -0.2) is 4.98 Å². The van der Waals surface area contributed by atoms with Crippen LogP contribution in [0.3, 0.4) is 0 Å². The summed E-state index contributed by atoms with van der Waals surface area (Å²) in [5.41, 5.74) is 0. The number of hydrogen-bond acceptors (Lipinski definition) is 5. The number of ether oxygens (including phenoxy) is 1. The van der Waals surface area contributed by atoms with Gasteiger partial charge >= 0.3 is 0 Å². The number of nitrogens with one attached hydrogen (secondary N) is 2. The Bertz CT molecular complexity index is 360. The molecule has 0 unspecified atom stereocenters. The van der Waals surface area contributed by atoms with Crippen LogP contribution < -0.4 is 10.6 Å². The first-order valence-corrected chi connectivity index (χ1v) is 7.00. The van der Waals surface area contributed by atoms with Crippen molar-refractivity contribution in [2.75, 3.05) is 36.9 Å². The number of halogens is 1. The first-order valence-electron chi connectivity index (χ1n) is 6.21. The molecule has 6 heteroatoms. The van der Waals surface area contributed by atoms with Crippen LogP contribution in [0.5, 0.6) is 0 Å². The van der Waals surface area contributed by atoms with E-state index in [1.807, 2.05) is 6.92 Å². The Hall–Kier alpha value is -0.880. The van der Waals surface area contributed by atoms with Gasteiger partial charge in [0.15, 0.2) is 0 Å². The van der Waals surface area contributed by atoms with Crippen molar-refractivity contribution in [3.05, 3.63) is 10.7 Å². The van der Waals surface area contributed by atoms with Crippen LogP contribution in [0.15, 0.2) is 10.7 Å². The molecular formula is C12H21BrN4O. The Balaban J connectivity index is 2.38.